The molecule has 3 aromatic carbocycles. The van der Waals surface area contributed by atoms with Crippen molar-refractivity contribution in [1.82, 2.24) is 10.0 Å². The lowest BCUT2D eigenvalue weighted by molar-refractivity contribution is -0.123. The number of ether oxygens (including phenoxy) is 1. The number of aryl methyl sites for hydroxylation is 1. The summed E-state index contributed by atoms with van der Waals surface area (Å²) < 4.78 is 35.3. The minimum absolute atomic E-state index is 0.00380. The second-order valence-electron chi connectivity index (χ2n) is 7.80. The van der Waals surface area contributed by atoms with E-state index >= 15 is 0 Å². The van der Waals surface area contributed by atoms with Gasteiger partial charge in [-0.1, -0.05) is 64.5 Å². The summed E-state index contributed by atoms with van der Waals surface area (Å²) in [4.78, 5) is 13.3. The van der Waals surface area contributed by atoms with Crippen molar-refractivity contribution in [3.05, 3.63) is 94.0 Å². The van der Waals surface area contributed by atoms with E-state index in [1.165, 1.54) is 13.2 Å². The van der Waals surface area contributed by atoms with Crippen molar-refractivity contribution in [1.29, 1.82) is 0 Å². The number of amides is 1. The van der Waals surface area contributed by atoms with E-state index in [1.807, 2.05) is 61.5 Å². The van der Waals surface area contributed by atoms with Crippen LogP contribution in [-0.2, 0) is 21.2 Å². The molecule has 0 aliphatic heterocycles. The van der Waals surface area contributed by atoms with Gasteiger partial charge in [-0.15, -0.1) is 0 Å². The van der Waals surface area contributed by atoms with Crippen LogP contribution in [0.1, 0.15) is 29.7 Å². The zero-order chi connectivity index (χ0) is 24.0. The molecule has 0 bridgehead atoms. The largest absolute Gasteiger partial charge is 0.495 e. The van der Waals surface area contributed by atoms with Gasteiger partial charge in [0.15, 0.2) is 0 Å². The maximum Gasteiger partial charge on any atom is 0.244 e. The smallest absolute Gasteiger partial charge is 0.244 e. The maximum atomic E-state index is 13.3. The molecule has 1 amide bonds. The van der Waals surface area contributed by atoms with E-state index in [4.69, 9.17) is 4.74 Å². The predicted molar refractivity (Wildman–Crippen MR) is 133 cm³/mol. The van der Waals surface area contributed by atoms with Gasteiger partial charge in [-0.2, -0.15) is 4.72 Å². The molecular weight excluding hydrogens is 504 g/mol. The lowest BCUT2D eigenvalue weighted by Gasteiger charge is -2.22. The molecule has 0 unspecified atom stereocenters. The van der Waals surface area contributed by atoms with Gasteiger partial charge in [0.2, 0.25) is 15.9 Å². The highest BCUT2D eigenvalue weighted by molar-refractivity contribution is 9.10. The molecule has 3 aromatic rings. The van der Waals surface area contributed by atoms with Crippen molar-refractivity contribution in [3.63, 3.8) is 0 Å². The summed E-state index contributed by atoms with van der Waals surface area (Å²) in [5.74, 6) is -0.198. The quantitative estimate of drug-likeness (QED) is 0.425. The first-order valence-electron chi connectivity index (χ1n) is 10.5. The molecule has 8 heteroatoms. The highest BCUT2D eigenvalue weighted by Crippen LogP contribution is 2.25. The molecule has 174 valence electrons. The fourth-order valence-electron chi connectivity index (χ4n) is 3.46. The van der Waals surface area contributed by atoms with Crippen LogP contribution in [0.4, 0.5) is 0 Å². The molecule has 0 saturated heterocycles. The number of rotatable bonds is 9. The van der Waals surface area contributed by atoms with E-state index in [-0.39, 0.29) is 23.1 Å². The molecule has 2 atom stereocenters. The van der Waals surface area contributed by atoms with E-state index in [9.17, 15) is 13.2 Å². The molecule has 0 spiro atoms. The SMILES string of the molecule is COc1ccc(C)cc1S(=O)(=O)N[C@H](Cc1ccccc1)C(=O)N[C@@H](C)c1cccc(Br)c1. The second kappa shape index (κ2) is 11.0. The van der Waals surface area contributed by atoms with Gasteiger partial charge in [-0.05, 0) is 61.2 Å². The van der Waals surface area contributed by atoms with Gasteiger partial charge in [-0.3, -0.25) is 4.79 Å². The number of hydrogen-bond donors (Lipinski definition) is 2. The molecule has 0 aliphatic carbocycles. The average molecular weight is 531 g/mol. The minimum atomic E-state index is -4.04. The topological polar surface area (TPSA) is 84.5 Å². The van der Waals surface area contributed by atoms with Crippen molar-refractivity contribution in [2.45, 2.75) is 37.2 Å². The molecule has 0 heterocycles. The van der Waals surface area contributed by atoms with Crippen LogP contribution in [0.3, 0.4) is 0 Å². The third-order valence-corrected chi connectivity index (χ3v) is 7.20. The lowest BCUT2D eigenvalue weighted by Crippen LogP contribution is -2.48. The number of carbonyl (C=O) groups excluding carboxylic acids is 1. The van der Waals surface area contributed by atoms with Crippen LogP contribution >= 0.6 is 15.9 Å². The van der Waals surface area contributed by atoms with Crippen LogP contribution < -0.4 is 14.8 Å². The van der Waals surface area contributed by atoms with Gasteiger partial charge in [0.1, 0.15) is 16.7 Å². The van der Waals surface area contributed by atoms with E-state index in [0.717, 1.165) is 21.2 Å². The van der Waals surface area contributed by atoms with Crippen LogP contribution in [-0.4, -0.2) is 27.5 Å². The normalized spacial score (nSPS) is 13.2. The lowest BCUT2D eigenvalue weighted by atomic mass is 10.0. The summed E-state index contributed by atoms with van der Waals surface area (Å²) in [7, 11) is -2.63. The first-order valence-corrected chi connectivity index (χ1v) is 12.7. The Balaban J connectivity index is 1.89. The molecule has 6 nitrogen and oxygen atoms in total. The minimum Gasteiger partial charge on any atom is -0.495 e. The Bertz CT molecular complexity index is 1220. The summed E-state index contributed by atoms with van der Waals surface area (Å²) in [6, 6.07) is 20.5. The molecule has 0 saturated carbocycles. The Hall–Kier alpha value is -2.68. The number of sulfonamides is 1. The number of carbonyl (C=O) groups is 1. The van der Waals surface area contributed by atoms with E-state index in [1.54, 1.807) is 19.1 Å². The first kappa shape index (κ1) is 25.0. The van der Waals surface area contributed by atoms with Gasteiger partial charge in [-0.25, -0.2) is 8.42 Å². The zero-order valence-corrected chi connectivity index (χ0v) is 21.1. The van der Waals surface area contributed by atoms with Crippen molar-refractivity contribution in [2.75, 3.05) is 7.11 Å². The summed E-state index contributed by atoms with van der Waals surface area (Å²) >= 11 is 3.44. The molecular formula is C25H27BrN2O4S. The third kappa shape index (κ3) is 6.66. The third-order valence-electron chi connectivity index (χ3n) is 5.21. The molecule has 0 aliphatic rings. The van der Waals surface area contributed by atoms with E-state index < -0.39 is 22.0 Å². The summed E-state index contributed by atoms with van der Waals surface area (Å²) in [6.07, 6.45) is 0.200. The van der Waals surface area contributed by atoms with Crippen molar-refractivity contribution < 1.29 is 17.9 Å². The highest BCUT2D eigenvalue weighted by Gasteiger charge is 2.29. The average Bonchev–Trinajstić information content (AvgIpc) is 2.79. The fourth-order valence-corrected chi connectivity index (χ4v) is 5.32. The second-order valence-corrected chi connectivity index (χ2v) is 10.4. The molecule has 0 aromatic heterocycles. The van der Waals surface area contributed by atoms with E-state index in [0.29, 0.717) is 0 Å². The number of methoxy groups -OCH3 is 1. The van der Waals surface area contributed by atoms with Crippen LogP contribution in [0, 0.1) is 6.92 Å². The Morgan fingerprint density at radius 1 is 1.03 bits per heavy atom. The Labute approximate surface area is 203 Å². The van der Waals surface area contributed by atoms with Crippen LogP contribution in [0.25, 0.3) is 0 Å². The van der Waals surface area contributed by atoms with Gasteiger partial charge in [0, 0.05) is 4.47 Å². The number of hydrogen-bond acceptors (Lipinski definition) is 4. The van der Waals surface area contributed by atoms with E-state index in [2.05, 4.69) is 26.0 Å². The monoisotopic (exact) mass is 530 g/mol. The standard InChI is InChI=1S/C25H27BrN2O4S/c1-17-12-13-23(32-3)24(14-17)33(30,31)28-22(15-19-8-5-4-6-9-19)25(29)27-18(2)20-10-7-11-21(26)16-20/h4-14,16,18,22,28H,15H2,1-3H3,(H,27,29)/t18-,22+/m0/s1. The fraction of sp³-hybridized carbons (Fsp3) is 0.240. The Morgan fingerprint density at radius 2 is 1.76 bits per heavy atom. The Morgan fingerprint density at radius 3 is 2.42 bits per heavy atom. The molecule has 3 rings (SSSR count). The number of nitrogens with one attached hydrogen (secondary N) is 2. The Kier molecular flexibility index (Phi) is 8.29. The van der Waals surface area contributed by atoms with Gasteiger partial charge in [0.25, 0.3) is 0 Å². The van der Waals surface area contributed by atoms with Crippen LogP contribution in [0.2, 0.25) is 0 Å². The van der Waals surface area contributed by atoms with Gasteiger partial charge >= 0.3 is 0 Å². The maximum absolute atomic E-state index is 13.3. The zero-order valence-electron chi connectivity index (χ0n) is 18.7. The molecule has 0 fully saturated rings. The number of halogens is 1. The van der Waals surface area contributed by atoms with Gasteiger partial charge < -0.3 is 10.1 Å². The summed E-state index contributed by atoms with van der Waals surface area (Å²) in [5, 5.41) is 2.94. The van der Waals surface area contributed by atoms with Crippen molar-refractivity contribution in [2.24, 2.45) is 0 Å². The summed E-state index contributed by atoms with van der Waals surface area (Å²) in [6.45, 7) is 3.66. The predicted octanol–water partition coefficient (Wildman–Crippen LogP) is 4.53. The van der Waals surface area contributed by atoms with Crippen molar-refractivity contribution >= 4 is 31.9 Å². The first-order chi connectivity index (χ1) is 15.7. The highest BCUT2D eigenvalue weighted by atomic mass is 79.9. The molecule has 0 radical (unpaired) electrons. The molecule has 2 N–H and O–H groups in total. The van der Waals surface area contributed by atoms with Crippen LogP contribution in [0.5, 0.6) is 5.75 Å². The van der Waals surface area contributed by atoms with Crippen LogP contribution in [0.15, 0.2) is 82.2 Å². The molecule has 33 heavy (non-hydrogen) atoms. The summed E-state index contributed by atoms with van der Waals surface area (Å²) in [5.41, 5.74) is 2.51. The van der Waals surface area contributed by atoms with Crippen molar-refractivity contribution in [3.8, 4) is 5.75 Å². The van der Waals surface area contributed by atoms with Gasteiger partial charge in [0.05, 0.1) is 13.2 Å². The number of benzene rings is 3.